The van der Waals surface area contributed by atoms with Crippen molar-refractivity contribution >= 4 is 27.5 Å². The topological polar surface area (TPSA) is 53.7 Å². The van der Waals surface area contributed by atoms with Gasteiger partial charge in [0.25, 0.3) is 0 Å². The molecule has 1 aromatic heterocycles. The van der Waals surface area contributed by atoms with Gasteiger partial charge in [-0.05, 0) is 23.7 Å². The van der Waals surface area contributed by atoms with Gasteiger partial charge < -0.3 is 4.57 Å². The van der Waals surface area contributed by atoms with Gasteiger partial charge >= 0.3 is 0 Å². The molecule has 0 atom stereocenters. The minimum atomic E-state index is 0.622. The van der Waals surface area contributed by atoms with Crippen LogP contribution in [0, 0.1) is 0 Å². The zero-order chi connectivity index (χ0) is 14.9. The highest BCUT2D eigenvalue weighted by atomic mass is 15.1. The van der Waals surface area contributed by atoms with Gasteiger partial charge in [0.2, 0.25) is 0 Å². The Bertz CT molecular complexity index is 986. The van der Waals surface area contributed by atoms with Gasteiger partial charge in [-0.25, -0.2) is 0 Å². The summed E-state index contributed by atoms with van der Waals surface area (Å²) in [6.45, 7) is 0. The first-order chi connectivity index (χ1) is 10.9. The van der Waals surface area contributed by atoms with E-state index in [0.717, 1.165) is 16.7 Å². The Hall–Kier alpha value is -3.23. The highest BCUT2D eigenvalue weighted by Gasteiger charge is 2.12. The van der Waals surface area contributed by atoms with Crippen molar-refractivity contribution < 1.29 is 0 Å². The van der Waals surface area contributed by atoms with E-state index < -0.39 is 0 Å². The molecule has 4 nitrogen and oxygen atoms in total. The van der Waals surface area contributed by atoms with E-state index in [4.69, 9.17) is 5.53 Å². The molecule has 0 N–H and O–H groups in total. The first kappa shape index (κ1) is 12.5. The molecular formula is C18H12N4. The summed E-state index contributed by atoms with van der Waals surface area (Å²) in [5, 5.41) is 6.21. The molecule has 0 radical (unpaired) electrons. The van der Waals surface area contributed by atoms with Crippen LogP contribution in [0.4, 0.5) is 5.69 Å². The average molecular weight is 284 g/mol. The number of hydrogen-bond acceptors (Lipinski definition) is 1. The molecule has 0 aliphatic heterocycles. The Morgan fingerprint density at radius 2 is 1.27 bits per heavy atom. The number of nitrogens with zero attached hydrogens (tertiary/aromatic N) is 4. The van der Waals surface area contributed by atoms with Crippen molar-refractivity contribution in [2.24, 2.45) is 5.11 Å². The Morgan fingerprint density at radius 1 is 0.727 bits per heavy atom. The van der Waals surface area contributed by atoms with E-state index in [1.54, 1.807) is 0 Å². The lowest BCUT2D eigenvalue weighted by Gasteiger charge is -2.10. The molecule has 0 fully saturated rings. The number of rotatable bonds is 2. The van der Waals surface area contributed by atoms with Gasteiger partial charge in [0.1, 0.15) is 0 Å². The lowest BCUT2D eigenvalue weighted by atomic mass is 10.2. The van der Waals surface area contributed by atoms with Crippen LogP contribution in [0.25, 0.3) is 37.9 Å². The molecule has 0 unspecified atom stereocenters. The molecule has 22 heavy (non-hydrogen) atoms. The maximum atomic E-state index is 8.82. The van der Waals surface area contributed by atoms with Crippen molar-refractivity contribution in [3.8, 4) is 5.69 Å². The maximum Gasteiger partial charge on any atom is 0.0616 e. The molecule has 4 aromatic rings. The Labute approximate surface area is 126 Å². The third-order valence-corrected chi connectivity index (χ3v) is 3.86. The number of hydrogen-bond donors (Lipinski definition) is 0. The molecular weight excluding hydrogens is 272 g/mol. The van der Waals surface area contributed by atoms with Crippen molar-refractivity contribution in [3.63, 3.8) is 0 Å². The van der Waals surface area contributed by atoms with E-state index >= 15 is 0 Å². The Balaban J connectivity index is 2.21. The first-order valence-electron chi connectivity index (χ1n) is 7.03. The summed E-state index contributed by atoms with van der Waals surface area (Å²) in [5.41, 5.74) is 12.5. The van der Waals surface area contributed by atoms with Crippen LogP contribution in [0.5, 0.6) is 0 Å². The minimum Gasteiger partial charge on any atom is -0.309 e. The van der Waals surface area contributed by atoms with Crippen molar-refractivity contribution in [2.45, 2.75) is 0 Å². The minimum absolute atomic E-state index is 0.622. The van der Waals surface area contributed by atoms with Crippen LogP contribution in [-0.2, 0) is 0 Å². The number of benzene rings is 3. The molecule has 4 rings (SSSR count). The molecule has 0 amide bonds. The smallest absolute Gasteiger partial charge is 0.0616 e. The predicted octanol–water partition coefficient (Wildman–Crippen LogP) is 5.73. The van der Waals surface area contributed by atoms with Gasteiger partial charge in [-0.1, -0.05) is 59.7 Å². The molecule has 1 heterocycles. The molecule has 0 saturated carbocycles. The van der Waals surface area contributed by atoms with Gasteiger partial charge in [-0.2, -0.15) is 0 Å². The maximum absolute atomic E-state index is 8.82. The molecule has 104 valence electrons. The van der Waals surface area contributed by atoms with Crippen LogP contribution in [-0.4, -0.2) is 4.57 Å². The fourth-order valence-electron chi connectivity index (χ4n) is 2.97. The van der Waals surface area contributed by atoms with Crippen LogP contribution in [0.2, 0.25) is 0 Å². The number of aromatic nitrogens is 1. The van der Waals surface area contributed by atoms with Crippen molar-refractivity contribution in [1.29, 1.82) is 0 Å². The third kappa shape index (κ3) is 1.75. The molecule has 4 heteroatoms. The lowest BCUT2D eigenvalue weighted by Crippen LogP contribution is -1.93. The largest absolute Gasteiger partial charge is 0.309 e. The van der Waals surface area contributed by atoms with E-state index in [1.165, 1.54) is 10.8 Å². The molecule has 0 saturated heterocycles. The fourth-order valence-corrected chi connectivity index (χ4v) is 2.97. The molecule has 0 bridgehead atoms. The Kier molecular flexibility index (Phi) is 2.81. The summed E-state index contributed by atoms with van der Waals surface area (Å²) >= 11 is 0. The van der Waals surface area contributed by atoms with E-state index in [0.29, 0.717) is 5.69 Å². The van der Waals surface area contributed by atoms with E-state index in [-0.39, 0.29) is 0 Å². The zero-order valence-corrected chi connectivity index (χ0v) is 11.7. The summed E-state index contributed by atoms with van der Waals surface area (Å²) in [6, 6.07) is 24.2. The molecule has 0 spiro atoms. The van der Waals surface area contributed by atoms with Gasteiger partial charge in [-0.15, -0.1) is 0 Å². The van der Waals surface area contributed by atoms with Crippen LogP contribution in [0.15, 0.2) is 77.9 Å². The zero-order valence-electron chi connectivity index (χ0n) is 11.7. The summed E-state index contributed by atoms with van der Waals surface area (Å²) in [5.74, 6) is 0. The second-order valence-electron chi connectivity index (χ2n) is 5.05. The fraction of sp³-hybridized carbons (Fsp3) is 0. The molecule has 0 aliphatic carbocycles. The van der Waals surface area contributed by atoms with Gasteiger partial charge in [-0.3, -0.25) is 0 Å². The summed E-state index contributed by atoms with van der Waals surface area (Å²) in [4.78, 5) is 2.95. The SMILES string of the molecule is [N-]=[N+]=Nc1ccccc1-n1c2ccccc2c2ccccc21. The molecule has 0 aliphatic rings. The number of fused-ring (bicyclic) bond motifs is 3. The normalized spacial score (nSPS) is 10.7. The van der Waals surface area contributed by atoms with Crippen molar-refractivity contribution in [3.05, 3.63) is 83.2 Å². The lowest BCUT2D eigenvalue weighted by molar-refractivity contribution is 1.17. The van der Waals surface area contributed by atoms with Crippen LogP contribution in [0.1, 0.15) is 0 Å². The standard InChI is InChI=1S/C18H12N4/c19-21-20-15-9-3-6-12-18(15)22-16-10-4-1-7-13(16)14-8-2-5-11-17(14)22/h1-12H. The van der Waals surface area contributed by atoms with E-state index in [1.807, 2.05) is 48.5 Å². The highest BCUT2D eigenvalue weighted by Crippen LogP contribution is 2.34. The van der Waals surface area contributed by atoms with Gasteiger partial charge in [0.05, 0.1) is 22.4 Å². The third-order valence-electron chi connectivity index (χ3n) is 3.86. The number of azide groups is 1. The second-order valence-corrected chi connectivity index (χ2v) is 5.05. The highest BCUT2D eigenvalue weighted by molar-refractivity contribution is 6.09. The van der Waals surface area contributed by atoms with E-state index in [2.05, 4.69) is 38.9 Å². The summed E-state index contributed by atoms with van der Waals surface area (Å²) < 4.78 is 2.15. The van der Waals surface area contributed by atoms with Crippen LogP contribution >= 0.6 is 0 Å². The summed E-state index contributed by atoms with van der Waals surface area (Å²) in [7, 11) is 0. The van der Waals surface area contributed by atoms with Gasteiger partial charge in [0.15, 0.2) is 0 Å². The second kappa shape index (κ2) is 4.95. The van der Waals surface area contributed by atoms with Crippen molar-refractivity contribution in [2.75, 3.05) is 0 Å². The average Bonchev–Trinajstić information content (AvgIpc) is 2.90. The van der Waals surface area contributed by atoms with Crippen LogP contribution in [0.3, 0.4) is 0 Å². The number of para-hydroxylation sites is 3. The van der Waals surface area contributed by atoms with E-state index in [9.17, 15) is 0 Å². The quantitative estimate of drug-likeness (QED) is 0.256. The van der Waals surface area contributed by atoms with Gasteiger partial charge in [0, 0.05) is 15.7 Å². The monoisotopic (exact) mass is 284 g/mol. The predicted molar refractivity (Wildman–Crippen MR) is 89.6 cm³/mol. The first-order valence-corrected chi connectivity index (χ1v) is 7.03. The van der Waals surface area contributed by atoms with Crippen molar-refractivity contribution in [1.82, 2.24) is 4.57 Å². The Morgan fingerprint density at radius 3 is 1.91 bits per heavy atom. The molecule has 3 aromatic carbocycles. The summed E-state index contributed by atoms with van der Waals surface area (Å²) in [6.07, 6.45) is 0. The van der Waals surface area contributed by atoms with Crippen LogP contribution < -0.4 is 0 Å².